The van der Waals surface area contributed by atoms with Crippen molar-refractivity contribution in [3.05, 3.63) is 59.7 Å². The summed E-state index contributed by atoms with van der Waals surface area (Å²) in [5, 5.41) is 3.02. The minimum atomic E-state index is -2.92. The number of nitrogens with zero attached hydrogens (tertiary/aromatic N) is 1. The molecule has 0 unspecified atom stereocenters. The van der Waals surface area contributed by atoms with Crippen LogP contribution in [-0.2, 0) is 13.0 Å². The predicted octanol–water partition coefficient (Wildman–Crippen LogP) is 2.94. The molecule has 0 heterocycles. The standard InChI is InChI=1S/C18H21F2N3O2/c1-24-15-8-7-14(11-16(15)25-17(19)20)12-23-18(21)22-10-9-13-5-3-2-4-6-13/h2-8,11,17H,9-10,12H2,1H3,(H3,21,22,23). The maximum absolute atomic E-state index is 12.4. The number of hydrogen-bond donors (Lipinski definition) is 2. The fourth-order valence-corrected chi connectivity index (χ4v) is 2.22. The first kappa shape index (κ1) is 18.5. The van der Waals surface area contributed by atoms with Crippen LogP contribution in [0.2, 0.25) is 0 Å². The first-order valence-electron chi connectivity index (χ1n) is 7.78. The van der Waals surface area contributed by atoms with E-state index in [9.17, 15) is 8.78 Å². The molecule has 0 aliphatic heterocycles. The van der Waals surface area contributed by atoms with Crippen molar-refractivity contribution in [3.8, 4) is 11.5 Å². The van der Waals surface area contributed by atoms with Gasteiger partial charge in [0.15, 0.2) is 17.5 Å². The number of hydrogen-bond acceptors (Lipinski definition) is 3. The molecule has 134 valence electrons. The van der Waals surface area contributed by atoms with Gasteiger partial charge in [-0.3, -0.25) is 0 Å². The smallest absolute Gasteiger partial charge is 0.387 e. The highest BCUT2D eigenvalue weighted by Crippen LogP contribution is 2.29. The third kappa shape index (κ3) is 6.29. The van der Waals surface area contributed by atoms with Crippen molar-refractivity contribution in [1.29, 1.82) is 0 Å². The van der Waals surface area contributed by atoms with E-state index in [0.717, 1.165) is 6.42 Å². The van der Waals surface area contributed by atoms with Crippen LogP contribution in [0.5, 0.6) is 11.5 Å². The summed E-state index contributed by atoms with van der Waals surface area (Å²) in [6, 6.07) is 14.7. The predicted molar refractivity (Wildman–Crippen MR) is 93.1 cm³/mol. The van der Waals surface area contributed by atoms with Gasteiger partial charge in [0.05, 0.1) is 13.7 Å². The average molecular weight is 349 g/mol. The number of methoxy groups -OCH3 is 1. The molecule has 0 saturated heterocycles. The van der Waals surface area contributed by atoms with Crippen LogP contribution in [0.4, 0.5) is 8.78 Å². The normalized spacial score (nSPS) is 11.4. The number of aliphatic imine (C=N–C) groups is 1. The monoisotopic (exact) mass is 349 g/mol. The molecule has 0 fully saturated rings. The summed E-state index contributed by atoms with van der Waals surface area (Å²) in [4.78, 5) is 4.20. The van der Waals surface area contributed by atoms with Crippen LogP contribution in [0.3, 0.4) is 0 Å². The molecule has 3 N–H and O–H groups in total. The molecule has 0 amide bonds. The lowest BCUT2D eigenvalue weighted by molar-refractivity contribution is -0.0512. The molecule has 2 rings (SSSR count). The number of rotatable bonds is 8. The molecule has 0 aliphatic carbocycles. The first-order chi connectivity index (χ1) is 12.1. The second-order valence-corrected chi connectivity index (χ2v) is 5.23. The summed E-state index contributed by atoms with van der Waals surface area (Å²) >= 11 is 0. The van der Waals surface area contributed by atoms with Crippen molar-refractivity contribution in [2.75, 3.05) is 13.7 Å². The van der Waals surface area contributed by atoms with Gasteiger partial charge in [0, 0.05) is 6.54 Å². The van der Waals surface area contributed by atoms with Gasteiger partial charge in [0.2, 0.25) is 0 Å². The molecule has 0 bridgehead atoms. The number of nitrogens with one attached hydrogen (secondary N) is 1. The van der Waals surface area contributed by atoms with Crippen molar-refractivity contribution in [2.24, 2.45) is 10.7 Å². The van der Waals surface area contributed by atoms with E-state index in [1.807, 2.05) is 30.3 Å². The van der Waals surface area contributed by atoms with E-state index in [1.54, 1.807) is 12.1 Å². The zero-order valence-corrected chi connectivity index (χ0v) is 13.9. The van der Waals surface area contributed by atoms with Gasteiger partial charge in [-0.1, -0.05) is 36.4 Å². The van der Waals surface area contributed by atoms with Crippen LogP contribution < -0.4 is 20.5 Å². The molecule has 25 heavy (non-hydrogen) atoms. The lowest BCUT2D eigenvalue weighted by Gasteiger charge is -2.11. The Labute approximate surface area is 145 Å². The Morgan fingerprint density at radius 1 is 1.12 bits per heavy atom. The highest BCUT2D eigenvalue weighted by atomic mass is 19.3. The van der Waals surface area contributed by atoms with Crippen molar-refractivity contribution in [2.45, 2.75) is 19.6 Å². The summed E-state index contributed by atoms with van der Waals surface area (Å²) in [6.45, 7) is -2.02. The van der Waals surface area contributed by atoms with E-state index in [2.05, 4.69) is 15.0 Å². The Morgan fingerprint density at radius 2 is 1.88 bits per heavy atom. The Hall–Kier alpha value is -2.83. The molecule has 0 spiro atoms. The number of guanidine groups is 1. The Bertz CT molecular complexity index is 694. The number of alkyl halides is 2. The fraction of sp³-hybridized carbons (Fsp3) is 0.278. The van der Waals surface area contributed by atoms with Crippen LogP contribution >= 0.6 is 0 Å². The summed E-state index contributed by atoms with van der Waals surface area (Å²) in [6.07, 6.45) is 0.825. The number of nitrogens with two attached hydrogens (primary N) is 1. The first-order valence-corrected chi connectivity index (χ1v) is 7.78. The quantitative estimate of drug-likeness (QED) is 0.568. The highest BCUT2D eigenvalue weighted by molar-refractivity contribution is 5.77. The summed E-state index contributed by atoms with van der Waals surface area (Å²) < 4.78 is 34.3. The third-order valence-electron chi connectivity index (χ3n) is 3.44. The molecular formula is C18H21F2N3O2. The van der Waals surface area contributed by atoms with Crippen molar-refractivity contribution in [3.63, 3.8) is 0 Å². The molecular weight excluding hydrogens is 328 g/mol. The van der Waals surface area contributed by atoms with Gasteiger partial charge in [0.25, 0.3) is 0 Å². The van der Waals surface area contributed by atoms with E-state index in [1.165, 1.54) is 18.7 Å². The van der Waals surface area contributed by atoms with Gasteiger partial charge in [-0.05, 0) is 29.7 Å². The van der Waals surface area contributed by atoms with E-state index < -0.39 is 6.61 Å². The average Bonchev–Trinajstić information content (AvgIpc) is 2.60. The van der Waals surface area contributed by atoms with E-state index >= 15 is 0 Å². The fourth-order valence-electron chi connectivity index (χ4n) is 2.22. The van der Waals surface area contributed by atoms with Gasteiger partial charge in [0.1, 0.15) is 0 Å². The summed E-state index contributed by atoms with van der Waals surface area (Å²) in [5.74, 6) is 0.505. The second-order valence-electron chi connectivity index (χ2n) is 5.23. The number of halogens is 2. The summed E-state index contributed by atoms with van der Waals surface area (Å²) in [5.41, 5.74) is 7.71. The maximum Gasteiger partial charge on any atom is 0.387 e. The second kappa shape index (κ2) is 9.46. The van der Waals surface area contributed by atoms with Gasteiger partial charge in [-0.2, -0.15) is 8.78 Å². The summed E-state index contributed by atoms with van der Waals surface area (Å²) in [7, 11) is 1.39. The lowest BCUT2D eigenvalue weighted by Crippen LogP contribution is -2.33. The number of benzene rings is 2. The van der Waals surface area contributed by atoms with Crippen molar-refractivity contribution < 1.29 is 18.3 Å². The molecule has 2 aromatic carbocycles. The van der Waals surface area contributed by atoms with Crippen molar-refractivity contribution >= 4 is 5.96 Å². The molecule has 0 radical (unpaired) electrons. The van der Waals surface area contributed by atoms with Crippen LogP contribution in [0.1, 0.15) is 11.1 Å². The zero-order valence-electron chi connectivity index (χ0n) is 13.9. The minimum Gasteiger partial charge on any atom is -0.493 e. The van der Waals surface area contributed by atoms with E-state index in [-0.39, 0.29) is 18.0 Å². The largest absolute Gasteiger partial charge is 0.493 e. The van der Waals surface area contributed by atoms with Crippen LogP contribution in [0.15, 0.2) is 53.5 Å². The lowest BCUT2D eigenvalue weighted by atomic mass is 10.1. The van der Waals surface area contributed by atoms with E-state index in [0.29, 0.717) is 18.1 Å². The molecule has 0 aliphatic rings. The van der Waals surface area contributed by atoms with Gasteiger partial charge >= 0.3 is 6.61 Å². The van der Waals surface area contributed by atoms with Crippen molar-refractivity contribution in [1.82, 2.24) is 5.32 Å². The molecule has 0 saturated carbocycles. The minimum absolute atomic E-state index is 0.0270. The molecule has 0 aromatic heterocycles. The molecule has 2 aromatic rings. The van der Waals surface area contributed by atoms with Crippen LogP contribution in [-0.4, -0.2) is 26.2 Å². The Kier molecular flexibility index (Phi) is 7.00. The van der Waals surface area contributed by atoms with E-state index in [4.69, 9.17) is 10.5 Å². The topological polar surface area (TPSA) is 68.9 Å². The van der Waals surface area contributed by atoms with Gasteiger partial charge in [-0.25, -0.2) is 4.99 Å². The van der Waals surface area contributed by atoms with Gasteiger partial charge in [-0.15, -0.1) is 0 Å². The third-order valence-corrected chi connectivity index (χ3v) is 3.44. The molecule has 0 atom stereocenters. The Morgan fingerprint density at radius 3 is 2.56 bits per heavy atom. The zero-order chi connectivity index (χ0) is 18.1. The molecule has 5 nitrogen and oxygen atoms in total. The van der Waals surface area contributed by atoms with Crippen LogP contribution in [0, 0.1) is 0 Å². The van der Waals surface area contributed by atoms with Gasteiger partial charge < -0.3 is 20.5 Å². The van der Waals surface area contributed by atoms with Crippen LogP contribution in [0.25, 0.3) is 0 Å². The number of ether oxygens (including phenoxy) is 2. The SMILES string of the molecule is COc1ccc(CN=C(N)NCCc2ccccc2)cc1OC(F)F. The molecule has 7 heteroatoms. The maximum atomic E-state index is 12.4. The highest BCUT2D eigenvalue weighted by Gasteiger charge is 2.11. The Balaban J connectivity index is 1.89.